The highest BCUT2D eigenvalue weighted by Gasteiger charge is 2.50. The minimum absolute atomic E-state index is 0.0121. The van der Waals surface area contributed by atoms with Gasteiger partial charge in [0.1, 0.15) is 18.8 Å². The highest BCUT2D eigenvalue weighted by atomic mass is 16.7. The fraction of sp³-hybridized carbons (Fsp3) is 0.600. The Morgan fingerprint density at radius 3 is 1.19 bits per heavy atom. The van der Waals surface area contributed by atoms with Crippen LogP contribution in [0.2, 0.25) is 0 Å². The van der Waals surface area contributed by atoms with E-state index in [1.165, 1.54) is 0 Å². The van der Waals surface area contributed by atoms with Crippen molar-refractivity contribution >= 4 is 23.9 Å². The smallest absolute Gasteiger partial charge is 0.335 e. The first kappa shape index (κ1) is 69.9. The molecule has 0 aromatic rings. The third kappa shape index (κ3) is 41.6. The number of aliphatic hydroxyl groups excluding tert-OH is 2. The molecule has 1 aliphatic heterocycles. The Hall–Kier alpha value is -5.14. The van der Waals surface area contributed by atoms with Gasteiger partial charge in [-0.2, -0.15) is 0 Å². The van der Waals surface area contributed by atoms with Crippen molar-refractivity contribution in [3.8, 4) is 0 Å². The van der Waals surface area contributed by atoms with Gasteiger partial charge in [-0.15, -0.1) is 0 Å². The van der Waals surface area contributed by atoms with Gasteiger partial charge in [0.25, 0.3) is 0 Å². The molecule has 12 heteroatoms. The Morgan fingerprint density at radius 1 is 0.429 bits per heavy atom. The number of carboxylic acids is 1. The highest BCUT2D eigenvalue weighted by Crippen LogP contribution is 2.26. The third-order valence-corrected chi connectivity index (χ3v) is 12.2. The summed E-state index contributed by atoms with van der Waals surface area (Å²) in [5.41, 5.74) is 0. The molecule has 77 heavy (non-hydrogen) atoms. The number of aliphatic hydroxyl groups is 2. The van der Waals surface area contributed by atoms with E-state index in [-0.39, 0.29) is 25.9 Å². The molecule has 1 aliphatic rings. The molecular formula is C65H100O12. The van der Waals surface area contributed by atoms with Crippen molar-refractivity contribution in [2.45, 2.75) is 237 Å². The van der Waals surface area contributed by atoms with E-state index in [4.69, 9.17) is 23.7 Å². The van der Waals surface area contributed by atoms with Crippen LogP contribution in [0.25, 0.3) is 0 Å². The van der Waals surface area contributed by atoms with Crippen LogP contribution in [0.4, 0.5) is 0 Å². The Morgan fingerprint density at radius 2 is 0.779 bits per heavy atom. The number of allylic oxidation sites excluding steroid dienone is 22. The van der Waals surface area contributed by atoms with Crippen LogP contribution in [-0.4, -0.2) is 89.2 Å². The average molecular weight is 1070 g/mol. The lowest BCUT2D eigenvalue weighted by Crippen LogP contribution is -2.61. The van der Waals surface area contributed by atoms with Crippen molar-refractivity contribution in [3.05, 3.63) is 134 Å². The molecule has 0 aliphatic carbocycles. The molecule has 3 N–H and O–H groups in total. The van der Waals surface area contributed by atoms with Crippen LogP contribution in [0.3, 0.4) is 0 Å². The molecule has 0 bridgehead atoms. The van der Waals surface area contributed by atoms with E-state index in [1.807, 2.05) is 0 Å². The Kier molecular flexibility index (Phi) is 46.8. The molecule has 0 aromatic carbocycles. The van der Waals surface area contributed by atoms with Crippen LogP contribution in [0, 0.1) is 0 Å². The average Bonchev–Trinajstić information content (AvgIpc) is 3.42. The number of carbonyl (C=O) groups is 4. The second-order valence-electron chi connectivity index (χ2n) is 19.1. The van der Waals surface area contributed by atoms with Crippen molar-refractivity contribution in [2.75, 3.05) is 13.2 Å². The normalized spacial score (nSPS) is 19.0. The lowest BCUT2D eigenvalue weighted by atomic mass is 9.98. The SMILES string of the molecule is CC/C=C\C/C=C\C/C=C\C/C=C\C/C=C\CCCCCC(=O)OCC(COC1OC(C(=O)O)C(O)C(O)C1OC(=O)CCCCC/C=C\C/C=C\C/C=C\CC)OC(=O)CCCCCCC/C=C\C/C=C\C/C=C\CC. The standard InChI is InChI=1S/C65H100O12/c1-4-7-10-13-16-19-22-25-27-28-29-30-32-34-36-39-42-45-48-51-57(66)73-54-56(75-58(67)52-49-46-43-40-38-35-31-26-23-20-17-14-11-8-5-2)55-74-65-63(61(70)60(69)62(77-65)64(71)72)76-59(68)53-50-47-44-41-37-33-24-21-18-15-12-9-6-3/h7-12,16-21,25-27,29-31,33-34,36-37,56,60-63,65,69-70H,4-6,13-15,22-24,28,32,35,38-55H2,1-3H3,(H,71,72)/b10-7-,11-8-,12-9-,19-16-,20-17-,21-18-,27-25-,30-29-,31-26-,36-34-,37-33-. The number of ether oxygens (including phenoxy) is 5. The fourth-order valence-electron chi connectivity index (χ4n) is 7.83. The van der Waals surface area contributed by atoms with Crippen LogP contribution >= 0.6 is 0 Å². The van der Waals surface area contributed by atoms with Crippen molar-refractivity contribution < 1.29 is 58.2 Å². The third-order valence-electron chi connectivity index (χ3n) is 12.2. The number of rotatable bonds is 47. The monoisotopic (exact) mass is 1070 g/mol. The van der Waals surface area contributed by atoms with Gasteiger partial charge in [-0.25, -0.2) is 4.79 Å². The van der Waals surface area contributed by atoms with E-state index in [2.05, 4.69) is 154 Å². The summed E-state index contributed by atoms with van der Waals surface area (Å²) in [7, 11) is 0. The zero-order chi connectivity index (χ0) is 56.1. The van der Waals surface area contributed by atoms with Crippen molar-refractivity contribution in [3.63, 3.8) is 0 Å². The molecule has 6 unspecified atom stereocenters. The van der Waals surface area contributed by atoms with E-state index >= 15 is 0 Å². The van der Waals surface area contributed by atoms with Crippen molar-refractivity contribution in [1.82, 2.24) is 0 Å². The molecule has 1 saturated heterocycles. The Bertz CT molecular complexity index is 1850. The minimum Gasteiger partial charge on any atom is -0.479 e. The zero-order valence-electron chi connectivity index (χ0n) is 47.4. The quantitative estimate of drug-likeness (QED) is 0.0228. The van der Waals surface area contributed by atoms with E-state index in [9.17, 15) is 34.5 Å². The second kappa shape index (κ2) is 51.6. The zero-order valence-corrected chi connectivity index (χ0v) is 47.4. The molecule has 0 spiro atoms. The van der Waals surface area contributed by atoms with E-state index in [1.54, 1.807) is 0 Å². The van der Waals surface area contributed by atoms with Gasteiger partial charge in [0.2, 0.25) is 0 Å². The Labute approximate surface area is 464 Å². The molecule has 6 atom stereocenters. The van der Waals surface area contributed by atoms with Crippen LogP contribution < -0.4 is 0 Å². The minimum atomic E-state index is -1.93. The second-order valence-corrected chi connectivity index (χ2v) is 19.1. The summed E-state index contributed by atoms with van der Waals surface area (Å²) in [5, 5.41) is 31.4. The summed E-state index contributed by atoms with van der Waals surface area (Å²) in [5.74, 6) is -3.25. The number of hydrogen-bond acceptors (Lipinski definition) is 11. The van der Waals surface area contributed by atoms with Gasteiger partial charge in [0.05, 0.1) is 6.61 Å². The predicted molar refractivity (Wildman–Crippen MR) is 312 cm³/mol. The molecule has 0 saturated carbocycles. The van der Waals surface area contributed by atoms with Gasteiger partial charge in [0.15, 0.2) is 24.6 Å². The Balaban J connectivity index is 2.75. The fourth-order valence-corrected chi connectivity index (χ4v) is 7.83. The summed E-state index contributed by atoms with van der Waals surface area (Å²) >= 11 is 0. The van der Waals surface area contributed by atoms with Crippen molar-refractivity contribution in [1.29, 1.82) is 0 Å². The van der Waals surface area contributed by atoms with Crippen LogP contribution in [-0.2, 0) is 42.9 Å². The van der Waals surface area contributed by atoms with Crippen molar-refractivity contribution in [2.24, 2.45) is 0 Å². The van der Waals surface area contributed by atoms with Gasteiger partial charge in [-0.05, 0) is 128 Å². The molecule has 0 radical (unpaired) electrons. The molecule has 432 valence electrons. The largest absolute Gasteiger partial charge is 0.479 e. The van der Waals surface area contributed by atoms with Crippen LogP contribution in [0.1, 0.15) is 201 Å². The topological polar surface area (TPSA) is 175 Å². The maximum Gasteiger partial charge on any atom is 0.335 e. The van der Waals surface area contributed by atoms with E-state index in [0.717, 1.165) is 141 Å². The summed E-state index contributed by atoms with van der Waals surface area (Å²) in [6.45, 7) is 5.57. The van der Waals surface area contributed by atoms with Crippen LogP contribution in [0.15, 0.2) is 134 Å². The van der Waals surface area contributed by atoms with Crippen LogP contribution in [0.5, 0.6) is 0 Å². The van der Waals surface area contributed by atoms with E-state index in [0.29, 0.717) is 19.3 Å². The first-order valence-corrected chi connectivity index (χ1v) is 29.2. The van der Waals surface area contributed by atoms with Gasteiger partial charge >= 0.3 is 23.9 Å². The highest BCUT2D eigenvalue weighted by molar-refractivity contribution is 5.74. The summed E-state index contributed by atoms with van der Waals surface area (Å²) < 4.78 is 28.3. The maximum atomic E-state index is 13.1. The first-order valence-electron chi connectivity index (χ1n) is 29.2. The predicted octanol–water partition coefficient (Wildman–Crippen LogP) is 15.0. The van der Waals surface area contributed by atoms with E-state index < -0.39 is 67.3 Å². The summed E-state index contributed by atoms with van der Waals surface area (Å²) in [4.78, 5) is 51.1. The van der Waals surface area contributed by atoms with Gasteiger partial charge in [-0.1, -0.05) is 187 Å². The first-order chi connectivity index (χ1) is 37.6. The number of carboxylic acid groups (broad SMARTS) is 1. The molecule has 1 rings (SSSR count). The molecular weight excluding hydrogens is 973 g/mol. The van der Waals surface area contributed by atoms with Gasteiger partial charge < -0.3 is 39.0 Å². The van der Waals surface area contributed by atoms with Gasteiger partial charge in [-0.3, -0.25) is 14.4 Å². The molecule has 1 heterocycles. The molecule has 1 fully saturated rings. The molecule has 12 nitrogen and oxygen atoms in total. The number of hydrogen-bond donors (Lipinski definition) is 3. The number of carbonyl (C=O) groups excluding carboxylic acids is 3. The lowest BCUT2D eigenvalue weighted by molar-refractivity contribution is -0.301. The summed E-state index contributed by atoms with van der Waals surface area (Å²) in [6.07, 6.45) is 60.0. The maximum absolute atomic E-state index is 13.1. The summed E-state index contributed by atoms with van der Waals surface area (Å²) in [6, 6.07) is 0. The number of aliphatic carboxylic acids is 1. The lowest BCUT2D eigenvalue weighted by Gasteiger charge is -2.40. The molecule has 0 aromatic heterocycles. The number of unbranched alkanes of at least 4 members (excludes halogenated alkanes) is 11. The van der Waals surface area contributed by atoms with Gasteiger partial charge in [0, 0.05) is 19.3 Å². The molecule has 0 amide bonds. The number of esters is 3.